The summed E-state index contributed by atoms with van der Waals surface area (Å²) in [6, 6.07) is 16.1. The summed E-state index contributed by atoms with van der Waals surface area (Å²) < 4.78 is 21.1. The zero-order valence-electron chi connectivity index (χ0n) is 15.8. The van der Waals surface area contributed by atoms with Crippen LogP contribution in [0.2, 0.25) is 0 Å². The molecule has 148 valence electrons. The van der Waals surface area contributed by atoms with Crippen LogP contribution in [0.3, 0.4) is 0 Å². The molecule has 6 nitrogen and oxygen atoms in total. The van der Waals surface area contributed by atoms with Crippen LogP contribution in [-0.4, -0.2) is 21.9 Å². The highest BCUT2D eigenvalue weighted by Gasteiger charge is 2.24. The Kier molecular flexibility index (Phi) is 7.59. The van der Waals surface area contributed by atoms with Crippen molar-refractivity contribution in [3.63, 3.8) is 0 Å². The first kappa shape index (κ1) is 21.6. The van der Waals surface area contributed by atoms with Crippen molar-refractivity contribution in [1.82, 2.24) is 0 Å². The van der Waals surface area contributed by atoms with Gasteiger partial charge < -0.3 is 20.3 Å². The molecule has 0 saturated carbocycles. The van der Waals surface area contributed by atoms with Crippen LogP contribution in [0.1, 0.15) is 37.0 Å². The molecule has 2 aromatic rings. The number of phosphoric ester groups is 1. The van der Waals surface area contributed by atoms with Gasteiger partial charge in [-0.2, -0.15) is 0 Å². The lowest BCUT2D eigenvalue weighted by Crippen LogP contribution is -2.41. The van der Waals surface area contributed by atoms with E-state index in [0.717, 1.165) is 23.3 Å². The molecule has 0 saturated heterocycles. The van der Waals surface area contributed by atoms with Crippen molar-refractivity contribution in [2.45, 2.75) is 45.3 Å². The van der Waals surface area contributed by atoms with Gasteiger partial charge in [-0.1, -0.05) is 43.3 Å². The fraction of sp³-hybridized carbons (Fsp3) is 0.400. The van der Waals surface area contributed by atoms with Crippen molar-refractivity contribution < 1.29 is 23.6 Å². The summed E-state index contributed by atoms with van der Waals surface area (Å²) >= 11 is 0. The highest BCUT2D eigenvalue weighted by Crippen LogP contribution is 2.36. The normalized spacial score (nSPS) is 14.0. The van der Waals surface area contributed by atoms with E-state index in [1.165, 1.54) is 5.56 Å². The number of phosphoric acid groups is 1. The number of hydrogen-bond donors (Lipinski definition) is 3. The maximum atomic E-state index is 10.8. The molecule has 1 atom stereocenters. The third-order valence-electron chi connectivity index (χ3n) is 4.31. The van der Waals surface area contributed by atoms with Gasteiger partial charge in [0.15, 0.2) is 0 Å². The molecule has 2 rings (SSSR count). The molecule has 0 aromatic heterocycles. The summed E-state index contributed by atoms with van der Waals surface area (Å²) in [5.41, 5.74) is 8.73. The van der Waals surface area contributed by atoms with Crippen LogP contribution in [0.4, 0.5) is 0 Å². The van der Waals surface area contributed by atoms with E-state index in [1.54, 1.807) is 6.92 Å². The molecule has 0 spiro atoms. The average molecular weight is 393 g/mol. The molecule has 0 bridgehead atoms. The Labute approximate surface area is 160 Å². The van der Waals surface area contributed by atoms with Crippen LogP contribution >= 0.6 is 7.82 Å². The molecule has 0 aliphatic rings. The van der Waals surface area contributed by atoms with Crippen LogP contribution in [-0.2, 0) is 28.5 Å². The smallest absolute Gasteiger partial charge is 0.469 e. The second-order valence-corrected chi connectivity index (χ2v) is 8.26. The Morgan fingerprint density at radius 1 is 1.00 bits per heavy atom. The monoisotopic (exact) mass is 393 g/mol. The van der Waals surface area contributed by atoms with E-state index in [1.807, 2.05) is 24.3 Å². The van der Waals surface area contributed by atoms with E-state index in [4.69, 9.17) is 20.3 Å². The summed E-state index contributed by atoms with van der Waals surface area (Å²) in [4.78, 5) is 17.6. The number of benzene rings is 2. The van der Waals surface area contributed by atoms with Gasteiger partial charge in [0.1, 0.15) is 12.4 Å². The van der Waals surface area contributed by atoms with E-state index in [2.05, 4.69) is 35.7 Å². The van der Waals surface area contributed by atoms with Gasteiger partial charge in [0.05, 0.1) is 6.61 Å². The Hall–Kier alpha value is -1.69. The number of rotatable bonds is 10. The molecule has 27 heavy (non-hydrogen) atoms. The van der Waals surface area contributed by atoms with Crippen molar-refractivity contribution >= 4 is 7.82 Å². The highest BCUT2D eigenvalue weighted by molar-refractivity contribution is 7.46. The number of ether oxygens (including phenoxy) is 1. The first-order chi connectivity index (χ1) is 12.7. The summed E-state index contributed by atoms with van der Waals surface area (Å²) in [5.74, 6) is 0.790. The quantitative estimate of drug-likeness (QED) is 0.533. The standard InChI is InChI=1S/C20H28NO5P/c1-3-16-4-6-18(7-5-16)14-25-19-10-8-17(9-11-19)12-13-20(2,21)15-26-27(22,23)24/h4-11H,3,12-15,21H2,1-2H3,(H2,22,23,24). The minimum Gasteiger partial charge on any atom is -0.489 e. The van der Waals surface area contributed by atoms with Crippen molar-refractivity contribution in [2.75, 3.05) is 6.61 Å². The topological polar surface area (TPSA) is 102 Å². The fourth-order valence-electron chi connectivity index (χ4n) is 2.52. The Morgan fingerprint density at radius 2 is 1.56 bits per heavy atom. The zero-order valence-corrected chi connectivity index (χ0v) is 16.7. The van der Waals surface area contributed by atoms with Crippen molar-refractivity contribution in [1.29, 1.82) is 0 Å². The summed E-state index contributed by atoms with van der Waals surface area (Å²) in [5, 5.41) is 0. The second-order valence-electron chi connectivity index (χ2n) is 7.02. The van der Waals surface area contributed by atoms with E-state index >= 15 is 0 Å². The van der Waals surface area contributed by atoms with E-state index < -0.39 is 13.4 Å². The molecule has 0 aliphatic carbocycles. The van der Waals surface area contributed by atoms with Gasteiger partial charge in [0.25, 0.3) is 0 Å². The molecule has 0 fully saturated rings. The molecular formula is C20H28NO5P. The van der Waals surface area contributed by atoms with Crippen LogP contribution in [0.25, 0.3) is 0 Å². The summed E-state index contributed by atoms with van der Waals surface area (Å²) in [7, 11) is -4.50. The second kappa shape index (κ2) is 9.49. The van der Waals surface area contributed by atoms with Gasteiger partial charge in [-0.15, -0.1) is 0 Å². The largest absolute Gasteiger partial charge is 0.489 e. The predicted octanol–water partition coefficient (Wildman–Crippen LogP) is 3.59. The van der Waals surface area contributed by atoms with Crippen molar-refractivity contribution in [2.24, 2.45) is 5.73 Å². The minimum absolute atomic E-state index is 0.199. The third-order valence-corrected chi connectivity index (χ3v) is 4.77. The molecular weight excluding hydrogens is 365 g/mol. The van der Waals surface area contributed by atoms with Crippen molar-refractivity contribution in [3.05, 3.63) is 65.2 Å². The summed E-state index contributed by atoms with van der Waals surface area (Å²) in [6.45, 7) is 4.16. The van der Waals surface area contributed by atoms with Crippen LogP contribution in [0.15, 0.2) is 48.5 Å². The lowest BCUT2D eigenvalue weighted by molar-refractivity contribution is 0.154. The minimum atomic E-state index is -4.50. The molecule has 0 heterocycles. The molecule has 7 heteroatoms. The average Bonchev–Trinajstić information content (AvgIpc) is 2.64. The first-order valence-electron chi connectivity index (χ1n) is 8.95. The molecule has 4 N–H and O–H groups in total. The number of aryl methyl sites for hydroxylation is 2. The Bertz CT molecular complexity index is 753. The van der Waals surface area contributed by atoms with Gasteiger partial charge in [-0.3, -0.25) is 4.52 Å². The third kappa shape index (κ3) is 8.24. The van der Waals surface area contributed by atoms with Crippen LogP contribution < -0.4 is 10.5 Å². The Morgan fingerprint density at radius 3 is 2.11 bits per heavy atom. The predicted molar refractivity (Wildman–Crippen MR) is 106 cm³/mol. The van der Waals surface area contributed by atoms with E-state index in [-0.39, 0.29) is 6.61 Å². The summed E-state index contributed by atoms with van der Waals surface area (Å²) in [6.07, 6.45) is 2.24. The van der Waals surface area contributed by atoms with Crippen LogP contribution in [0.5, 0.6) is 5.75 Å². The zero-order chi connectivity index (χ0) is 19.9. The van der Waals surface area contributed by atoms with Crippen molar-refractivity contribution in [3.8, 4) is 5.75 Å². The molecule has 0 amide bonds. The first-order valence-corrected chi connectivity index (χ1v) is 10.5. The molecule has 0 aliphatic heterocycles. The maximum absolute atomic E-state index is 10.8. The lowest BCUT2D eigenvalue weighted by atomic mass is 9.95. The molecule has 0 radical (unpaired) electrons. The maximum Gasteiger partial charge on any atom is 0.469 e. The highest BCUT2D eigenvalue weighted by atomic mass is 31.2. The molecule has 1 unspecified atom stereocenters. The SMILES string of the molecule is CCc1ccc(COc2ccc(CCC(C)(N)COP(=O)(O)O)cc2)cc1. The number of nitrogens with two attached hydrogens (primary N) is 1. The van der Waals surface area contributed by atoms with E-state index in [9.17, 15) is 4.57 Å². The van der Waals surface area contributed by atoms with Gasteiger partial charge in [-0.25, -0.2) is 4.57 Å². The Balaban J connectivity index is 1.81. The van der Waals surface area contributed by atoms with Gasteiger partial charge in [0, 0.05) is 5.54 Å². The van der Waals surface area contributed by atoms with Gasteiger partial charge in [-0.05, 0) is 55.0 Å². The van der Waals surface area contributed by atoms with E-state index in [0.29, 0.717) is 19.4 Å². The molecule has 2 aromatic carbocycles. The van der Waals surface area contributed by atoms with Gasteiger partial charge in [0.2, 0.25) is 0 Å². The number of hydrogen-bond acceptors (Lipinski definition) is 4. The lowest BCUT2D eigenvalue weighted by Gasteiger charge is -2.24. The van der Waals surface area contributed by atoms with Gasteiger partial charge >= 0.3 is 7.82 Å². The van der Waals surface area contributed by atoms with Crippen LogP contribution in [0, 0.1) is 0 Å². The fourth-order valence-corrected chi connectivity index (χ4v) is 2.99.